The van der Waals surface area contributed by atoms with E-state index in [2.05, 4.69) is 14.5 Å². The van der Waals surface area contributed by atoms with Crippen molar-refractivity contribution in [3.05, 3.63) is 24.2 Å². The molecule has 3 rings (SSSR count). The largest absolute Gasteiger partial charge is 0.309 e. The van der Waals surface area contributed by atoms with Gasteiger partial charge in [0.2, 0.25) is 0 Å². The van der Waals surface area contributed by atoms with Gasteiger partial charge in [0.1, 0.15) is 11.3 Å². The predicted molar refractivity (Wildman–Crippen MR) is 60.0 cm³/mol. The summed E-state index contributed by atoms with van der Waals surface area (Å²) in [6.45, 7) is 0. The van der Waals surface area contributed by atoms with Crippen molar-refractivity contribution in [1.29, 1.82) is 0 Å². The zero-order valence-electron chi connectivity index (χ0n) is 8.36. The summed E-state index contributed by atoms with van der Waals surface area (Å²) < 4.78 is 2.21. The maximum absolute atomic E-state index is 5.92. The first kappa shape index (κ1) is 9.16. The van der Waals surface area contributed by atoms with Gasteiger partial charge in [-0.1, -0.05) is 0 Å². The third kappa shape index (κ3) is 1.34. The van der Waals surface area contributed by atoms with Gasteiger partial charge in [0, 0.05) is 12.2 Å². The van der Waals surface area contributed by atoms with E-state index < -0.39 is 0 Å². The van der Waals surface area contributed by atoms with Crippen LogP contribution in [-0.4, -0.2) is 14.5 Å². The number of hydrogen-bond acceptors (Lipinski definition) is 2. The van der Waals surface area contributed by atoms with E-state index in [0.29, 0.717) is 11.9 Å². The number of aromatic nitrogens is 3. The van der Waals surface area contributed by atoms with E-state index in [1.807, 2.05) is 18.3 Å². The van der Waals surface area contributed by atoms with Crippen LogP contribution in [0.4, 0.5) is 0 Å². The Morgan fingerprint density at radius 2 is 2.33 bits per heavy atom. The van der Waals surface area contributed by atoms with Gasteiger partial charge in [-0.2, -0.15) is 0 Å². The molecule has 2 aromatic heterocycles. The Bertz CT molecular complexity index is 488. The number of pyridine rings is 1. The molecule has 2 aromatic rings. The van der Waals surface area contributed by atoms with Crippen LogP contribution in [0.3, 0.4) is 0 Å². The minimum atomic E-state index is 0.465. The van der Waals surface area contributed by atoms with Crippen molar-refractivity contribution in [2.24, 2.45) is 0 Å². The fourth-order valence-electron chi connectivity index (χ4n) is 2.10. The quantitative estimate of drug-likeness (QED) is 0.731. The summed E-state index contributed by atoms with van der Waals surface area (Å²) in [5, 5.41) is 0. The third-order valence-electron chi connectivity index (χ3n) is 3.08. The lowest BCUT2D eigenvalue weighted by atomic mass is 9.93. The van der Waals surface area contributed by atoms with E-state index in [1.165, 1.54) is 19.3 Å². The van der Waals surface area contributed by atoms with Gasteiger partial charge >= 0.3 is 0 Å². The summed E-state index contributed by atoms with van der Waals surface area (Å²) in [5.74, 6) is 1.42. The van der Waals surface area contributed by atoms with Crippen molar-refractivity contribution in [2.45, 2.75) is 31.2 Å². The Hall–Kier alpha value is -1.09. The lowest BCUT2D eigenvalue weighted by Gasteiger charge is -2.28. The first-order chi connectivity index (χ1) is 7.40. The highest BCUT2D eigenvalue weighted by Crippen LogP contribution is 2.35. The molecular formula is C11H12ClN3. The zero-order valence-corrected chi connectivity index (χ0v) is 9.11. The number of imidazole rings is 1. The Morgan fingerprint density at radius 1 is 1.47 bits per heavy atom. The van der Waals surface area contributed by atoms with Crippen LogP contribution >= 0.6 is 11.6 Å². The van der Waals surface area contributed by atoms with Crippen LogP contribution in [0.15, 0.2) is 18.3 Å². The maximum atomic E-state index is 5.92. The molecule has 1 aliphatic carbocycles. The zero-order chi connectivity index (χ0) is 10.3. The van der Waals surface area contributed by atoms with Gasteiger partial charge in [-0.15, -0.1) is 11.6 Å². The van der Waals surface area contributed by atoms with Crippen molar-refractivity contribution in [3.63, 3.8) is 0 Å². The molecule has 0 radical (unpaired) electrons. The summed E-state index contributed by atoms with van der Waals surface area (Å²) in [6.07, 6.45) is 5.58. The van der Waals surface area contributed by atoms with Crippen LogP contribution in [0.1, 0.15) is 31.1 Å². The molecule has 3 nitrogen and oxygen atoms in total. The number of fused-ring (bicyclic) bond motifs is 1. The van der Waals surface area contributed by atoms with Gasteiger partial charge in [0.25, 0.3) is 0 Å². The lowest BCUT2D eigenvalue weighted by molar-refractivity contribution is 0.314. The number of rotatable bonds is 2. The fraction of sp³-hybridized carbons (Fsp3) is 0.455. The van der Waals surface area contributed by atoms with Crippen LogP contribution in [0, 0.1) is 0 Å². The van der Waals surface area contributed by atoms with Crippen molar-refractivity contribution in [2.75, 3.05) is 0 Å². The molecule has 0 aliphatic heterocycles. The third-order valence-corrected chi connectivity index (χ3v) is 3.32. The summed E-state index contributed by atoms with van der Waals surface area (Å²) in [7, 11) is 0. The number of alkyl halides is 1. The summed E-state index contributed by atoms with van der Waals surface area (Å²) in [4.78, 5) is 8.90. The second-order valence-corrected chi connectivity index (χ2v) is 4.23. The van der Waals surface area contributed by atoms with E-state index in [0.717, 1.165) is 17.0 Å². The van der Waals surface area contributed by atoms with Gasteiger partial charge < -0.3 is 4.57 Å². The van der Waals surface area contributed by atoms with Crippen molar-refractivity contribution >= 4 is 22.8 Å². The molecule has 0 spiro atoms. The summed E-state index contributed by atoms with van der Waals surface area (Å²) >= 11 is 5.92. The summed E-state index contributed by atoms with van der Waals surface area (Å²) in [5.41, 5.74) is 1.94. The molecule has 1 fully saturated rings. The molecule has 1 saturated carbocycles. The second kappa shape index (κ2) is 3.49. The molecule has 0 saturated heterocycles. The fourth-order valence-corrected chi connectivity index (χ4v) is 2.29. The molecule has 1 aliphatic rings. The van der Waals surface area contributed by atoms with E-state index in [4.69, 9.17) is 11.6 Å². The Morgan fingerprint density at radius 3 is 3.00 bits per heavy atom. The molecule has 4 heteroatoms. The molecule has 78 valence electrons. The Kier molecular flexibility index (Phi) is 2.13. The average molecular weight is 222 g/mol. The van der Waals surface area contributed by atoms with Gasteiger partial charge in [-0.25, -0.2) is 9.97 Å². The molecular weight excluding hydrogens is 210 g/mol. The topological polar surface area (TPSA) is 30.7 Å². The molecule has 2 heterocycles. The Balaban J connectivity index is 2.22. The minimum Gasteiger partial charge on any atom is -0.309 e. The standard InChI is InChI=1S/C11H12ClN3/c12-7-10-14-9-5-2-6-13-11(9)15(10)8-3-1-4-8/h2,5-6,8H,1,3-4,7H2. The van der Waals surface area contributed by atoms with Crippen molar-refractivity contribution in [3.8, 4) is 0 Å². The van der Waals surface area contributed by atoms with Gasteiger partial charge in [-0.3, -0.25) is 0 Å². The molecule has 0 unspecified atom stereocenters. The van der Waals surface area contributed by atoms with Crippen LogP contribution < -0.4 is 0 Å². The lowest BCUT2D eigenvalue weighted by Crippen LogP contribution is -2.19. The number of hydrogen-bond donors (Lipinski definition) is 0. The predicted octanol–water partition coefficient (Wildman–Crippen LogP) is 2.90. The summed E-state index contributed by atoms with van der Waals surface area (Å²) in [6, 6.07) is 4.48. The van der Waals surface area contributed by atoms with Gasteiger partial charge in [0.05, 0.1) is 5.88 Å². The highest BCUT2D eigenvalue weighted by atomic mass is 35.5. The van der Waals surface area contributed by atoms with Crippen LogP contribution in [0.5, 0.6) is 0 Å². The van der Waals surface area contributed by atoms with E-state index in [1.54, 1.807) is 0 Å². The molecule has 15 heavy (non-hydrogen) atoms. The molecule has 0 amide bonds. The average Bonchev–Trinajstić information content (AvgIpc) is 2.55. The van der Waals surface area contributed by atoms with Gasteiger partial charge in [-0.05, 0) is 31.4 Å². The normalized spacial score (nSPS) is 16.9. The second-order valence-electron chi connectivity index (χ2n) is 3.96. The first-order valence-electron chi connectivity index (χ1n) is 5.28. The SMILES string of the molecule is ClCc1nc2cccnc2n1C1CCC1. The first-order valence-corrected chi connectivity index (χ1v) is 5.81. The van der Waals surface area contributed by atoms with Crippen LogP contribution in [0.2, 0.25) is 0 Å². The number of halogens is 1. The highest BCUT2D eigenvalue weighted by Gasteiger charge is 2.24. The maximum Gasteiger partial charge on any atom is 0.160 e. The molecule has 0 aromatic carbocycles. The van der Waals surface area contributed by atoms with Gasteiger partial charge in [0.15, 0.2) is 5.65 Å². The van der Waals surface area contributed by atoms with Crippen LogP contribution in [-0.2, 0) is 5.88 Å². The van der Waals surface area contributed by atoms with E-state index in [-0.39, 0.29) is 0 Å². The minimum absolute atomic E-state index is 0.465. The Labute approximate surface area is 93.1 Å². The molecule has 0 atom stereocenters. The molecule has 0 bridgehead atoms. The van der Waals surface area contributed by atoms with Crippen LogP contribution in [0.25, 0.3) is 11.2 Å². The smallest absolute Gasteiger partial charge is 0.160 e. The van der Waals surface area contributed by atoms with E-state index >= 15 is 0 Å². The monoisotopic (exact) mass is 221 g/mol. The number of nitrogens with zero attached hydrogens (tertiary/aromatic N) is 3. The van der Waals surface area contributed by atoms with Crippen molar-refractivity contribution < 1.29 is 0 Å². The van der Waals surface area contributed by atoms with E-state index in [9.17, 15) is 0 Å². The molecule has 0 N–H and O–H groups in total. The van der Waals surface area contributed by atoms with Crippen molar-refractivity contribution in [1.82, 2.24) is 14.5 Å². The highest BCUT2D eigenvalue weighted by molar-refractivity contribution is 6.16.